The van der Waals surface area contributed by atoms with E-state index in [0.717, 1.165) is 11.8 Å². The molecule has 1 rings (SSSR count). The number of amides is 4. The van der Waals surface area contributed by atoms with Gasteiger partial charge in [-0.1, -0.05) is 0 Å². The zero-order valence-corrected chi connectivity index (χ0v) is 24.9. The standard InChI is InChI=1S/C23H40N6O7S.Mo/c1-5-7-15-19(23(35)36)37-11-17(26-12(3)6-2)22(34)29-16(10-30)21(33)27-13(4)20(32)28-14(9-25-15)8-18(24)31;/h12-17,19,25-26,30H,5-8,10-11H2,1-4H3,(H2,24,31)(H,27,33)(H,28,32)(H,29,34)(H,35,36);/t12?,13-,14?,15+,16?,17-,19?;/m0./s1. The summed E-state index contributed by atoms with van der Waals surface area (Å²) in [6.07, 6.45) is 1.57. The minimum absolute atomic E-state index is 0.0759. The molecule has 0 bridgehead atoms. The van der Waals surface area contributed by atoms with Crippen LogP contribution in [0.5, 0.6) is 0 Å². The van der Waals surface area contributed by atoms with Gasteiger partial charge in [0.15, 0.2) is 0 Å². The maximum atomic E-state index is 13.1. The fraction of sp³-hybridized carbons (Fsp3) is 0.739. The summed E-state index contributed by atoms with van der Waals surface area (Å²) in [6.45, 7) is 6.41. The molecule has 0 aliphatic carbocycles. The van der Waals surface area contributed by atoms with Crippen molar-refractivity contribution in [3.05, 3.63) is 0 Å². The molecule has 4 unspecified atom stereocenters. The summed E-state index contributed by atoms with van der Waals surface area (Å²) in [5, 5.41) is 32.8. The molecule has 0 aromatic heterocycles. The molecule has 1 aliphatic heterocycles. The Morgan fingerprint density at radius 2 is 1.74 bits per heavy atom. The molecule has 1 aliphatic rings. The predicted molar refractivity (Wildman–Crippen MR) is 140 cm³/mol. The molecule has 38 heavy (non-hydrogen) atoms. The van der Waals surface area contributed by atoms with E-state index in [0.29, 0.717) is 23.3 Å². The van der Waals surface area contributed by atoms with Crippen molar-refractivity contribution in [2.45, 2.75) is 94.9 Å². The quantitative estimate of drug-likeness (QED) is 0.127. The van der Waals surface area contributed by atoms with Crippen molar-refractivity contribution in [3.8, 4) is 0 Å². The molecule has 1 saturated heterocycles. The number of primary amides is 1. The van der Waals surface area contributed by atoms with E-state index >= 15 is 0 Å². The first-order valence-electron chi connectivity index (χ1n) is 12.6. The van der Waals surface area contributed by atoms with Gasteiger partial charge in [-0.25, -0.2) is 0 Å². The number of aliphatic hydroxyl groups is 1. The van der Waals surface area contributed by atoms with E-state index in [9.17, 15) is 34.2 Å². The van der Waals surface area contributed by atoms with E-state index in [2.05, 4.69) is 26.6 Å². The zero-order chi connectivity index (χ0) is 29.0. The number of nitrogens with two attached hydrogens (primary N) is 1. The topological polar surface area (TPSA) is 212 Å². The van der Waals surface area contributed by atoms with Gasteiger partial charge in [-0.15, -0.1) is 0 Å². The van der Waals surface area contributed by atoms with Crippen LogP contribution in [0.2, 0.25) is 0 Å². The van der Waals surface area contributed by atoms with Gasteiger partial charge in [-0.2, -0.15) is 0 Å². The average Bonchev–Trinajstić information content (AvgIpc) is 2.84. The van der Waals surface area contributed by atoms with Crippen LogP contribution in [-0.2, 0) is 43.3 Å². The van der Waals surface area contributed by atoms with Crippen molar-refractivity contribution in [3.63, 3.8) is 0 Å². The number of carbonyl (C=O) groups excluding carboxylic acids is 4. The average molecular weight is 641 g/mol. The van der Waals surface area contributed by atoms with Crippen molar-refractivity contribution in [2.24, 2.45) is 5.73 Å². The number of nitrogens with one attached hydrogen (secondary N) is 5. The summed E-state index contributed by atoms with van der Waals surface area (Å²) in [7, 11) is 0. The van der Waals surface area contributed by atoms with Gasteiger partial charge >= 0.3 is 238 Å². The summed E-state index contributed by atoms with van der Waals surface area (Å²) < 4.78 is 0.448. The van der Waals surface area contributed by atoms with E-state index < -0.39 is 71.7 Å². The molecule has 0 aromatic carbocycles. The first-order chi connectivity index (χ1) is 17.8. The third kappa shape index (κ3) is 11.1. The molecular weight excluding hydrogens is 600 g/mol. The summed E-state index contributed by atoms with van der Waals surface area (Å²) in [5.41, 5.74) is 5.40. The van der Waals surface area contributed by atoms with Gasteiger partial charge in [-0.05, 0) is 0 Å². The minimum atomic E-state index is -1.34. The van der Waals surface area contributed by atoms with Crippen LogP contribution < -0.4 is 32.3 Å². The van der Waals surface area contributed by atoms with Gasteiger partial charge in [0, 0.05) is 0 Å². The van der Waals surface area contributed by atoms with Crippen LogP contribution in [0.3, 0.4) is 0 Å². The van der Waals surface area contributed by atoms with E-state index in [4.69, 9.17) is 5.73 Å². The van der Waals surface area contributed by atoms with Crippen LogP contribution >= 0.6 is 11.8 Å². The van der Waals surface area contributed by atoms with Gasteiger partial charge in [0.2, 0.25) is 0 Å². The Morgan fingerprint density at radius 3 is 2.26 bits per heavy atom. The predicted octanol–water partition coefficient (Wildman–Crippen LogP) is -2.28. The zero-order valence-electron chi connectivity index (χ0n) is 22.1. The van der Waals surface area contributed by atoms with E-state index in [1.54, 1.807) is 19.4 Å². The second-order valence-corrected chi connectivity index (χ2v) is 11.5. The van der Waals surface area contributed by atoms with Crippen LogP contribution in [0.15, 0.2) is 0 Å². The third-order valence-corrected chi connectivity index (χ3v) is 8.40. The number of aliphatic hydroxyl groups excluding tert-OH is 1. The fourth-order valence-corrected chi connectivity index (χ4v) is 5.62. The van der Waals surface area contributed by atoms with Crippen LogP contribution in [0.25, 0.3) is 0 Å². The molecular formula is C23H40MoN6O7S. The number of rotatable bonds is 9. The molecule has 216 valence electrons. The van der Waals surface area contributed by atoms with Crippen molar-refractivity contribution in [1.82, 2.24) is 26.6 Å². The number of carboxylic acids is 1. The summed E-state index contributed by atoms with van der Waals surface area (Å²) in [5.74, 6) is -3.67. The van der Waals surface area contributed by atoms with Crippen molar-refractivity contribution in [1.29, 1.82) is 0 Å². The van der Waals surface area contributed by atoms with Crippen molar-refractivity contribution >= 4 is 45.4 Å². The van der Waals surface area contributed by atoms with Crippen molar-refractivity contribution in [2.75, 3.05) is 12.4 Å². The van der Waals surface area contributed by atoms with Crippen LogP contribution in [0.4, 0.5) is 0 Å². The summed E-state index contributed by atoms with van der Waals surface area (Å²) in [6, 6.07) is -4.79. The third-order valence-electron chi connectivity index (χ3n) is 6.00. The molecule has 1 fully saturated rings. The normalized spacial score (nSPS) is 29.1. The Labute approximate surface area is 238 Å². The molecule has 0 radical (unpaired) electrons. The molecule has 1 heterocycles. The number of carbonyl (C=O) groups is 5. The maximum absolute atomic E-state index is 13.1. The number of aliphatic carboxylic acids is 1. The first kappa shape index (κ1) is 34.2. The van der Waals surface area contributed by atoms with Gasteiger partial charge < -0.3 is 0 Å². The number of hydrogen-bond acceptors (Lipinski definition) is 9. The molecule has 0 spiro atoms. The van der Waals surface area contributed by atoms with E-state index in [1.807, 2.05) is 20.8 Å². The summed E-state index contributed by atoms with van der Waals surface area (Å²) >= 11 is 2.61. The van der Waals surface area contributed by atoms with E-state index in [1.165, 1.54) is 6.92 Å². The van der Waals surface area contributed by atoms with Gasteiger partial charge in [0.1, 0.15) is 0 Å². The Morgan fingerprint density at radius 1 is 1.11 bits per heavy atom. The molecule has 4 amide bonds. The van der Waals surface area contributed by atoms with Crippen LogP contribution in [-0.4, -0.2) is 97.7 Å². The fourth-order valence-electron chi connectivity index (χ4n) is 3.67. The number of hydrogen-bond donors (Lipinski definition) is 8. The van der Waals surface area contributed by atoms with E-state index in [-0.39, 0.29) is 18.2 Å². The Balaban J connectivity index is 3.47. The van der Waals surface area contributed by atoms with Gasteiger partial charge in [-0.3, -0.25) is 0 Å². The van der Waals surface area contributed by atoms with Gasteiger partial charge in [0.05, 0.1) is 0 Å². The molecule has 9 N–H and O–H groups in total. The molecule has 13 nitrogen and oxygen atoms in total. The van der Waals surface area contributed by atoms with Crippen LogP contribution in [0.1, 0.15) is 53.4 Å². The Hall–Kier alpha value is -1.86. The SMILES string of the molecule is CCC[C@H]1N[C](=[Mo])C(CC(N)=O)NC(=O)[C@H](C)NC(=O)C(CO)NC(=O)[C@@H](NC(C)CC)CSC1C(=O)O. The number of thioether (sulfide) groups is 1. The van der Waals surface area contributed by atoms with Crippen molar-refractivity contribution < 1.29 is 53.5 Å². The summed E-state index contributed by atoms with van der Waals surface area (Å²) in [4.78, 5) is 62.8. The Kier molecular flexibility index (Phi) is 15.2. The number of carboxylic acid groups (broad SMARTS) is 1. The first-order valence-corrected chi connectivity index (χ1v) is 14.6. The molecule has 0 saturated carbocycles. The van der Waals surface area contributed by atoms with Gasteiger partial charge in [0.25, 0.3) is 0 Å². The second-order valence-electron chi connectivity index (χ2n) is 9.23. The second kappa shape index (κ2) is 17.0. The monoisotopic (exact) mass is 642 g/mol. The molecule has 15 heteroatoms. The van der Waals surface area contributed by atoms with Crippen LogP contribution in [0, 0.1) is 0 Å². The Bertz CT molecular complexity index is 879. The molecule has 7 atom stereocenters. The molecule has 0 aromatic rings.